The van der Waals surface area contributed by atoms with Gasteiger partial charge in [0.05, 0.1) is 7.11 Å². The average molecular weight is 301 g/mol. The molecule has 0 atom stereocenters. The molecule has 0 aliphatic rings. The molecular weight excluding hydrogens is 286 g/mol. The van der Waals surface area contributed by atoms with Gasteiger partial charge in [-0.15, -0.1) is 0 Å². The largest absolute Gasteiger partial charge is 0.490 e. The van der Waals surface area contributed by atoms with Crippen LogP contribution in [0.5, 0.6) is 5.75 Å². The van der Waals surface area contributed by atoms with Crippen molar-refractivity contribution in [3.05, 3.63) is 48.1 Å². The summed E-state index contributed by atoms with van der Waals surface area (Å²) in [7, 11) is 1.21. The fraction of sp³-hybridized carbons (Fsp3) is 0.188. The van der Waals surface area contributed by atoms with Crippen LogP contribution in [0.25, 0.3) is 6.08 Å². The lowest BCUT2D eigenvalue weighted by molar-refractivity contribution is -0.138. The quantitative estimate of drug-likeness (QED) is 0.331. The van der Waals surface area contributed by atoms with Gasteiger partial charge in [-0.25, -0.2) is 9.59 Å². The summed E-state index contributed by atoms with van der Waals surface area (Å²) in [6.07, 6.45) is 2.50. The number of hydrogen-bond donors (Lipinski definition) is 0. The van der Waals surface area contributed by atoms with Crippen LogP contribution in [-0.2, 0) is 19.1 Å². The van der Waals surface area contributed by atoms with Gasteiger partial charge in [0.25, 0.3) is 0 Å². The first-order valence-electron chi connectivity index (χ1n) is 6.33. The smallest absolute Gasteiger partial charge is 0.348 e. The summed E-state index contributed by atoms with van der Waals surface area (Å²) in [6.45, 7) is 3.61. The minimum atomic E-state index is -0.688. The number of hydrogen-bond acceptors (Lipinski definition) is 6. The molecule has 0 aliphatic heterocycles. The lowest BCUT2D eigenvalue weighted by atomic mass is 10.1. The normalized spacial score (nSPS) is 10.3. The first-order valence-corrected chi connectivity index (χ1v) is 6.33. The fourth-order valence-electron chi connectivity index (χ4n) is 1.43. The lowest BCUT2D eigenvalue weighted by Crippen LogP contribution is -2.10. The molecular formula is C16H15NO5. The molecule has 22 heavy (non-hydrogen) atoms. The van der Waals surface area contributed by atoms with Gasteiger partial charge in [0, 0.05) is 6.08 Å². The highest BCUT2D eigenvalue weighted by atomic mass is 16.6. The van der Waals surface area contributed by atoms with Crippen molar-refractivity contribution in [1.29, 1.82) is 5.26 Å². The van der Waals surface area contributed by atoms with E-state index < -0.39 is 11.9 Å². The Kier molecular flexibility index (Phi) is 6.93. The molecule has 0 amide bonds. The second-order valence-corrected chi connectivity index (χ2v) is 3.95. The molecule has 0 saturated carbocycles. The number of nitrogens with zero attached hydrogens (tertiary/aromatic N) is 1. The van der Waals surface area contributed by atoms with E-state index in [-0.39, 0.29) is 18.8 Å². The molecule has 0 aliphatic carbocycles. The van der Waals surface area contributed by atoms with Gasteiger partial charge in [0.1, 0.15) is 30.6 Å². The molecule has 0 aromatic heterocycles. The molecule has 0 spiro atoms. The molecule has 1 rings (SSSR count). The zero-order chi connectivity index (χ0) is 16.4. The number of nitriles is 1. The van der Waals surface area contributed by atoms with E-state index in [0.717, 1.165) is 6.08 Å². The minimum Gasteiger partial charge on any atom is -0.490 e. The summed E-state index contributed by atoms with van der Waals surface area (Å²) in [4.78, 5) is 22.1. The Labute approximate surface area is 128 Å². The molecule has 6 nitrogen and oxygen atoms in total. The van der Waals surface area contributed by atoms with E-state index in [1.54, 1.807) is 30.3 Å². The highest BCUT2D eigenvalue weighted by Crippen LogP contribution is 2.15. The molecule has 0 saturated heterocycles. The number of benzene rings is 1. The maximum Gasteiger partial charge on any atom is 0.348 e. The van der Waals surface area contributed by atoms with Gasteiger partial charge < -0.3 is 14.2 Å². The zero-order valence-corrected chi connectivity index (χ0v) is 12.1. The maximum atomic E-state index is 11.3. The van der Waals surface area contributed by atoms with Crippen LogP contribution in [0.4, 0.5) is 0 Å². The molecule has 0 heterocycles. The van der Waals surface area contributed by atoms with Crippen molar-refractivity contribution < 1.29 is 23.8 Å². The van der Waals surface area contributed by atoms with Gasteiger partial charge in [-0.05, 0) is 23.8 Å². The van der Waals surface area contributed by atoms with Crippen LogP contribution in [0.2, 0.25) is 0 Å². The standard InChI is InChI=1S/C16H15NO5/c1-3-15(18)22-9-8-21-14-6-4-12(5-7-14)10-13(11-17)16(19)20-2/h3-7,10H,1,8-9H2,2H3/b13-10+. The van der Waals surface area contributed by atoms with Crippen LogP contribution in [0.1, 0.15) is 5.56 Å². The van der Waals surface area contributed by atoms with E-state index >= 15 is 0 Å². The maximum absolute atomic E-state index is 11.3. The lowest BCUT2D eigenvalue weighted by Gasteiger charge is -2.06. The Bertz CT molecular complexity index is 610. The Morgan fingerprint density at radius 2 is 1.95 bits per heavy atom. The highest BCUT2D eigenvalue weighted by molar-refractivity contribution is 5.97. The van der Waals surface area contributed by atoms with E-state index in [4.69, 9.17) is 14.7 Å². The first kappa shape index (κ1) is 17.0. The van der Waals surface area contributed by atoms with Gasteiger partial charge in [0.2, 0.25) is 0 Å². The summed E-state index contributed by atoms with van der Waals surface area (Å²) in [5.74, 6) is -0.619. The second kappa shape index (κ2) is 8.97. The van der Waals surface area contributed by atoms with Gasteiger partial charge in [-0.2, -0.15) is 5.26 Å². The van der Waals surface area contributed by atoms with Crippen molar-refractivity contribution in [1.82, 2.24) is 0 Å². The first-order chi connectivity index (χ1) is 10.6. The van der Waals surface area contributed by atoms with E-state index in [2.05, 4.69) is 11.3 Å². The van der Waals surface area contributed by atoms with Gasteiger partial charge in [-0.3, -0.25) is 0 Å². The predicted molar refractivity (Wildman–Crippen MR) is 78.7 cm³/mol. The molecule has 0 fully saturated rings. The van der Waals surface area contributed by atoms with Crippen molar-refractivity contribution in [2.24, 2.45) is 0 Å². The van der Waals surface area contributed by atoms with Crippen LogP contribution < -0.4 is 4.74 Å². The molecule has 0 radical (unpaired) electrons. The van der Waals surface area contributed by atoms with Crippen LogP contribution in [0.15, 0.2) is 42.5 Å². The average Bonchev–Trinajstić information content (AvgIpc) is 2.56. The van der Waals surface area contributed by atoms with Crippen LogP contribution in [0.3, 0.4) is 0 Å². The third-order valence-electron chi connectivity index (χ3n) is 2.48. The topological polar surface area (TPSA) is 85.6 Å². The number of carbonyl (C=O) groups is 2. The summed E-state index contributed by atoms with van der Waals surface area (Å²) >= 11 is 0. The molecule has 0 bridgehead atoms. The molecule has 1 aromatic rings. The second-order valence-electron chi connectivity index (χ2n) is 3.95. The molecule has 6 heteroatoms. The summed E-state index contributed by atoms with van der Waals surface area (Å²) in [5.41, 5.74) is 0.569. The molecule has 114 valence electrons. The minimum absolute atomic E-state index is 0.0903. The Morgan fingerprint density at radius 1 is 1.27 bits per heavy atom. The summed E-state index contributed by atoms with van der Waals surface area (Å²) in [5, 5.41) is 8.86. The number of rotatable bonds is 7. The highest BCUT2D eigenvalue weighted by Gasteiger charge is 2.08. The van der Waals surface area contributed by atoms with Crippen molar-refractivity contribution in [3.8, 4) is 11.8 Å². The van der Waals surface area contributed by atoms with E-state index in [1.807, 2.05) is 0 Å². The van der Waals surface area contributed by atoms with Crippen molar-refractivity contribution in [2.45, 2.75) is 0 Å². The summed E-state index contributed by atoms with van der Waals surface area (Å²) in [6, 6.07) is 8.49. The molecule has 0 unspecified atom stereocenters. The fourth-order valence-corrected chi connectivity index (χ4v) is 1.43. The number of esters is 2. The van der Waals surface area contributed by atoms with Crippen LogP contribution in [-0.4, -0.2) is 32.3 Å². The zero-order valence-electron chi connectivity index (χ0n) is 12.1. The predicted octanol–water partition coefficient (Wildman–Crippen LogP) is 1.87. The third-order valence-corrected chi connectivity index (χ3v) is 2.48. The van der Waals surface area contributed by atoms with E-state index in [0.29, 0.717) is 11.3 Å². The third kappa shape index (κ3) is 5.51. The van der Waals surface area contributed by atoms with Crippen molar-refractivity contribution >= 4 is 18.0 Å². The van der Waals surface area contributed by atoms with Crippen molar-refractivity contribution in [3.63, 3.8) is 0 Å². The summed E-state index contributed by atoms with van der Waals surface area (Å²) < 4.78 is 14.6. The van der Waals surface area contributed by atoms with Gasteiger partial charge in [0.15, 0.2) is 0 Å². The van der Waals surface area contributed by atoms with Crippen molar-refractivity contribution in [2.75, 3.05) is 20.3 Å². The molecule has 1 aromatic carbocycles. The Morgan fingerprint density at radius 3 is 2.50 bits per heavy atom. The van der Waals surface area contributed by atoms with Gasteiger partial charge >= 0.3 is 11.9 Å². The monoisotopic (exact) mass is 301 g/mol. The number of methoxy groups -OCH3 is 1. The number of carbonyl (C=O) groups excluding carboxylic acids is 2. The van der Waals surface area contributed by atoms with Crippen LogP contribution >= 0.6 is 0 Å². The van der Waals surface area contributed by atoms with E-state index in [1.165, 1.54) is 13.2 Å². The number of ether oxygens (including phenoxy) is 3. The Hall–Kier alpha value is -3.07. The van der Waals surface area contributed by atoms with E-state index in [9.17, 15) is 9.59 Å². The molecule has 0 N–H and O–H groups in total. The SMILES string of the molecule is C=CC(=O)OCCOc1ccc(/C=C(\C#N)C(=O)OC)cc1. The van der Waals surface area contributed by atoms with Gasteiger partial charge in [-0.1, -0.05) is 18.7 Å². The Balaban J connectivity index is 2.58. The van der Waals surface area contributed by atoms with Crippen LogP contribution in [0, 0.1) is 11.3 Å².